The molecule has 2 fully saturated rings. The van der Waals surface area contributed by atoms with Gasteiger partial charge in [0, 0.05) is 45.3 Å². The second-order valence-corrected chi connectivity index (χ2v) is 6.22. The zero-order chi connectivity index (χ0) is 16.4. The van der Waals surface area contributed by atoms with E-state index in [1.54, 1.807) is 12.4 Å². The van der Waals surface area contributed by atoms with Crippen molar-refractivity contribution in [2.24, 2.45) is 0 Å². The normalized spacial score (nSPS) is 18.2. The molecule has 4 rings (SSSR count). The van der Waals surface area contributed by atoms with Gasteiger partial charge in [-0.3, -0.25) is 4.79 Å². The van der Waals surface area contributed by atoms with Crippen molar-refractivity contribution in [3.05, 3.63) is 36.5 Å². The molecule has 24 heavy (non-hydrogen) atoms. The third-order valence-corrected chi connectivity index (χ3v) is 4.73. The van der Waals surface area contributed by atoms with Crippen LogP contribution in [0.4, 0.5) is 11.6 Å². The summed E-state index contributed by atoms with van der Waals surface area (Å²) in [4.78, 5) is 27.6. The van der Waals surface area contributed by atoms with Crippen LogP contribution in [0.25, 0.3) is 0 Å². The van der Waals surface area contributed by atoms with Gasteiger partial charge in [-0.05, 0) is 18.9 Å². The summed E-state index contributed by atoms with van der Waals surface area (Å²) in [6.45, 7) is 5.08. The van der Waals surface area contributed by atoms with Gasteiger partial charge in [0.15, 0.2) is 0 Å². The molecule has 0 saturated carbocycles. The van der Waals surface area contributed by atoms with E-state index in [0.29, 0.717) is 18.7 Å². The van der Waals surface area contributed by atoms with E-state index in [4.69, 9.17) is 4.42 Å². The molecule has 1 amide bonds. The molecule has 7 heteroatoms. The lowest BCUT2D eigenvalue weighted by atomic mass is 10.2. The molecular weight excluding hydrogens is 306 g/mol. The Morgan fingerprint density at radius 2 is 1.62 bits per heavy atom. The highest BCUT2D eigenvalue weighted by molar-refractivity contribution is 5.94. The molecule has 2 aliphatic heterocycles. The van der Waals surface area contributed by atoms with E-state index in [0.717, 1.165) is 37.8 Å². The van der Waals surface area contributed by atoms with Crippen LogP contribution in [0.5, 0.6) is 0 Å². The molecule has 2 aromatic heterocycles. The summed E-state index contributed by atoms with van der Waals surface area (Å²) in [7, 11) is 0. The fraction of sp³-hybridized carbons (Fsp3) is 0.471. The van der Waals surface area contributed by atoms with Crippen molar-refractivity contribution in [3.63, 3.8) is 0 Å². The highest BCUT2D eigenvalue weighted by Gasteiger charge is 2.24. The lowest BCUT2D eigenvalue weighted by Gasteiger charge is -2.35. The van der Waals surface area contributed by atoms with Crippen molar-refractivity contribution >= 4 is 17.5 Å². The molecule has 0 bridgehead atoms. The zero-order valence-electron chi connectivity index (χ0n) is 13.6. The van der Waals surface area contributed by atoms with E-state index >= 15 is 0 Å². The molecule has 0 aliphatic carbocycles. The summed E-state index contributed by atoms with van der Waals surface area (Å²) in [6.07, 6.45) is 7.14. The second-order valence-electron chi connectivity index (χ2n) is 6.22. The van der Waals surface area contributed by atoms with Crippen LogP contribution in [0.2, 0.25) is 0 Å². The summed E-state index contributed by atoms with van der Waals surface area (Å²) < 4.78 is 5.00. The first-order chi connectivity index (χ1) is 11.8. The van der Waals surface area contributed by atoms with Gasteiger partial charge in [0.1, 0.15) is 24.2 Å². The number of carbonyl (C=O) groups excluding carboxylic acids is 1. The summed E-state index contributed by atoms with van der Waals surface area (Å²) in [5, 5.41) is 0. The third-order valence-electron chi connectivity index (χ3n) is 4.73. The predicted octanol–water partition coefficient (Wildman–Crippen LogP) is 1.63. The quantitative estimate of drug-likeness (QED) is 0.854. The number of amides is 1. The van der Waals surface area contributed by atoms with Crippen LogP contribution in [0.1, 0.15) is 23.2 Å². The number of hydrogen-bond acceptors (Lipinski definition) is 6. The number of rotatable bonds is 3. The van der Waals surface area contributed by atoms with Crippen LogP contribution >= 0.6 is 0 Å². The second kappa shape index (κ2) is 6.51. The van der Waals surface area contributed by atoms with Gasteiger partial charge in [0.25, 0.3) is 5.91 Å². The molecular formula is C17H21N5O2. The van der Waals surface area contributed by atoms with Gasteiger partial charge in [-0.25, -0.2) is 9.97 Å². The van der Waals surface area contributed by atoms with Gasteiger partial charge in [-0.15, -0.1) is 0 Å². The average molecular weight is 327 g/mol. The Labute approximate surface area is 140 Å². The van der Waals surface area contributed by atoms with Gasteiger partial charge in [0.05, 0.1) is 11.8 Å². The molecule has 0 radical (unpaired) electrons. The van der Waals surface area contributed by atoms with E-state index in [1.165, 1.54) is 25.4 Å². The van der Waals surface area contributed by atoms with Crippen molar-refractivity contribution in [2.45, 2.75) is 12.8 Å². The van der Waals surface area contributed by atoms with Gasteiger partial charge < -0.3 is 19.1 Å². The number of piperazine rings is 1. The lowest BCUT2D eigenvalue weighted by Crippen LogP contribution is -2.49. The first-order valence-electron chi connectivity index (χ1n) is 8.45. The Morgan fingerprint density at radius 1 is 0.958 bits per heavy atom. The van der Waals surface area contributed by atoms with E-state index in [9.17, 15) is 4.79 Å². The Morgan fingerprint density at radius 3 is 2.25 bits per heavy atom. The highest BCUT2D eigenvalue weighted by atomic mass is 16.3. The molecule has 0 spiro atoms. The van der Waals surface area contributed by atoms with Crippen LogP contribution in [0.3, 0.4) is 0 Å². The molecule has 126 valence electrons. The Hall–Kier alpha value is -2.57. The van der Waals surface area contributed by atoms with Gasteiger partial charge in [0.2, 0.25) is 0 Å². The molecule has 2 aromatic rings. The van der Waals surface area contributed by atoms with Crippen LogP contribution < -0.4 is 9.80 Å². The predicted molar refractivity (Wildman–Crippen MR) is 90.3 cm³/mol. The van der Waals surface area contributed by atoms with E-state index in [1.807, 2.05) is 4.90 Å². The summed E-state index contributed by atoms with van der Waals surface area (Å²) in [5.74, 6) is 1.99. The largest absolute Gasteiger partial charge is 0.472 e. The topological polar surface area (TPSA) is 65.7 Å². The third kappa shape index (κ3) is 2.93. The molecule has 2 aliphatic rings. The van der Waals surface area contributed by atoms with Crippen molar-refractivity contribution in [2.75, 3.05) is 49.1 Å². The van der Waals surface area contributed by atoms with Crippen LogP contribution in [-0.4, -0.2) is 60.0 Å². The fourth-order valence-corrected chi connectivity index (χ4v) is 3.34. The van der Waals surface area contributed by atoms with E-state index < -0.39 is 0 Å². The zero-order valence-corrected chi connectivity index (χ0v) is 13.6. The number of furan rings is 1. The van der Waals surface area contributed by atoms with Crippen molar-refractivity contribution in [1.82, 2.24) is 14.9 Å². The number of hydrogen-bond donors (Lipinski definition) is 0. The maximum absolute atomic E-state index is 12.3. The molecule has 7 nitrogen and oxygen atoms in total. The Balaban J connectivity index is 1.40. The van der Waals surface area contributed by atoms with Gasteiger partial charge in [-0.1, -0.05) is 0 Å². The molecule has 4 heterocycles. The van der Waals surface area contributed by atoms with Crippen molar-refractivity contribution in [3.8, 4) is 0 Å². The summed E-state index contributed by atoms with van der Waals surface area (Å²) in [6, 6.07) is 3.78. The molecule has 0 atom stereocenters. The number of nitrogens with zero attached hydrogens (tertiary/aromatic N) is 5. The minimum atomic E-state index is 0.0313. The van der Waals surface area contributed by atoms with Crippen LogP contribution in [0, 0.1) is 0 Å². The smallest absolute Gasteiger partial charge is 0.257 e. The maximum Gasteiger partial charge on any atom is 0.257 e. The first-order valence-corrected chi connectivity index (χ1v) is 8.45. The summed E-state index contributed by atoms with van der Waals surface area (Å²) >= 11 is 0. The minimum absolute atomic E-state index is 0.0313. The molecule has 0 aromatic carbocycles. The van der Waals surface area contributed by atoms with Crippen molar-refractivity contribution in [1.29, 1.82) is 0 Å². The standard InChI is InChI=1S/C17H21N5O2/c23-17(14-3-10-24-12-14)22-8-6-21(7-9-22)16-11-15(18-13-19-16)20-4-1-2-5-20/h3,10-13H,1-2,4-9H2. The molecule has 2 saturated heterocycles. The van der Waals surface area contributed by atoms with Crippen LogP contribution in [0.15, 0.2) is 35.4 Å². The maximum atomic E-state index is 12.3. The number of carbonyl (C=O) groups is 1. The van der Waals surface area contributed by atoms with Crippen LogP contribution in [-0.2, 0) is 0 Å². The molecule has 0 unspecified atom stereocenters. The fourth-order valence-electron chi connectivity index (χ4n) is 3.34. The van der Waals surface area contributed by atoms with Gasteiger partial charge in [-0.2, -0.15) is 0 Å². The lowest BCUT2D eigenvalue weighted by molar-refractivity contribution is 0.0746. The Kier molecular flexibility index (Phi) is 4.06. The van der Waals surface area contributed by atoms with E-state index in [2.05, 4.69) is 25.8 Å². The monoisotopic (exact) mass is 327 g/mol. The summed E-state index contributed by atoms with van der Waals surface area (Å²) in [5.41, 5.74) is 0.613. The van der Waals surface area contributed by atoms with Gasteiger partial charge >= 0.3 is 0 Å². The highest BCUT2D eigenvalue weighted by Crippen LogP contribution is 2.22. The first kappa shape index (κ1) is 15.0. The van der Waals surface area contributed by atoms with E-state index in [-0.39, 0.29) is 5.91 Å². The molecule has 0 N–H and O–H groups in total. The minimum Gasteiger partial charge on any atom is -0.472 e. The average Bonchev–Trinajstić information content (AvgIpc) is 3.35. The van der Waals surface area contributed by atoms with Crippen molar-refractivity contribution < 1.29 is 9.21 Å². The Bertz CT molecular complexity index is 689. The SMILES string of the molecule is O=C(c1ccoc1)N1CCN(c2cc(N3CCCC3)ncn2)CC1. The number of anilines is 2. The number of aromatic nitrogens is 2.